The molecule has 31 heavy (non-hydrogen) atoms. The largest absolute Gasteiger partial charge is 0.462 e. The van der Waals surface area contributed by atoms with Crippen LogP contribution >= 0.6 is 23.6 Å². The molecule has 0 amide bonds. The zero-order valence-electron chi connectivity index (χ0n) is 16.6. The van der Waals surface area contributed by atoms with Gasteiger partial charge in [-0.1, -0.05) is 42.5 Å². The molecule has 2 aromatic heterocycles. The van der Waals surface area contributed by atoms with Crippen molar-refractivity contribution < 1.29 is 9.53 Å². The molecular formula is C22H19N5O2S2. The zero-order valence-corrected chi connectivity index (χ0v) is 18.2. The number of hydrazine groups is 1. The SMILES string of the molecule is CCOC(=O)c1ccccc1NC(=S)NNc1ncnc2cc(-c3ccccc3)sc12. The minimum atomic E-state index is -0.411. The summed E-state index contributed by atoms with van der Waals surface area (Å²) in [6.45, 7) is 2.06. The van der Waals surface area contributed by atoms with Crippen molar-refractivity contribution in [2.75, 3.05) is 17.3 Å². The van der Waals surface area contributed by atoms with Crippen molar-refractivity contribution in [1.82, 2.24) is 15.4 Å². The predicted molar refractivity (Wildman–Crippen MR) is 128 cm³/mol. The Kier molecular flexibility index (Phi) is 6.34. The molecule has 0 aliphatic carbocycles. The van der Waals surface area contributed by atoms with Crippen molar-refractivity contribution in [3.05, 3.63) is 72.6 Å². The lowest BCUT2D eigenvalue weighted by Gasteiger charge is -2.14. The summed E-state index contributed by atoms with van der Waals surface area (Å²) in [5, 5.41) is 3.30. The van der Waals surface area contributed by atoms with Crippen LogP contribution in [0.25, 0.3) is 20.7 Å². The second-order valence-corrected chi connectivity index (χ2v) is 7.84. The first-order chi connectivity index (χ1) is 15.2. The molecule has 0 saturated carbocycles. The molecule has 2 heterocycles. The molecule has 0 radical (unpaired) electrons. The third-order valence-corrected chi connectivity index (χ3v) is 5.72. The standard InChI is InChI=1S/C22H19N5O2S2/c1-2-29-21(28)15-10-6-7-11-16(15)25-22(30)27-26-20-19-17(23-13-24-20)12-18(31-19)14-8-4-3-5-9-14/h3-13H,2H2,1H3,(H,23,24,26)(H2,25,27,30). The number of para-hydroxylation sites is 1. The highest BCUT2D eigenvalue weighted by molar-refractivity contribution is 7.80. The summed E-state index contributed by atoms with van der Waals surface area (Å²) in [4.78, 5) is 21.9. The number of ether oxygens (including phenoxy) is 1. The number of carbonyl (C=O) groups excluding carboxylic acids is 1. The Balaban J connectivity index is 1.48. The van der Waals surface area contributed by atoms with Crippen LogP contribution < -0.4 is 16.2 Å². The van der Waals surface area contributed by atoms with Gasteiger partial charge in [0, 0.05) is 4.88 Å². The first-order valence-electron chi connectivity index (χ1n) is 9.55. The van der Waals surface area contributed by atoms with Gasteiger partial charge in [0.05, 0.1) is 28.1 Å². The fourth-order valence-corrected chi connectivity index (χ4v) is 4.16. The number of thiophene rings is 1. The number of nitrogens with zero attached hydrogens (tertiary/aromatic N) is 2. The normalized spacial score (nSPS) is 10.5. The van der Waals surface area contributed by atoms with Gasteiger partial charge >= 0.3 is 5.97 Å². The summed E-state index contributed by atoms with van der Waals surface area (Å²) >= 11 is 6.97. The highest BCUT2D eigenvalue weighted by atomic mass is 32.1. The first-order valence-corrected chi connectivity index (χ1v) is 10.8. The number of hydrogen-bond acceptors (Lipinski definition) is 7. The lowest BCUT2D eigenvalue weighted by atomic mass is 10.2. The summed E-state index contributed by atoms with van der Waals surface area (Å²) in [5.74, 6) is 0.200. The van der Waals surface area contributed by atoms with Crippen molar-refractivity contribution in [2.24, 2.45) is 0 Å². The molecule has 0 bridgehead atoms. The third-order valence-electron chi connectivity index (χ3n) is 4.33. The van der Waals surface area contributed by atoms with Gasteiger partial charge in [0.2, 0.25) is 0 Å². The quantitative estimate of drug-likeness (QED) is 0.219. The second kappa shape index (κ2) is 9.50. The first kappa shape index (κ1) is 20.7. The summed E-state index contributed by atoms with van der Waals surface area (Å²) in [6.07, 6.45) is 1.50. The number of fused-ring (bicyclic) bond motifs is 1. The van der Waals surface area contributed by atoms with Crippen molar-refractivity contribution in [3.8, 4) is 10.4 Å². The maximum atomic E-state index is 12.1. The van der Waals surface area contributed by atoms with E-state index >= 15 is 0 Å². The van der Waals surface area contributed by atoms with E-state index in [9.17, 15) is 4.79 Å². The maximum absolute atomic E-state index is 12.1. The molecule has 0 spiro atoms. The second-order valence-electron chi connectivity index (χ2n) is 6.38. The molecule has 0 unspecified atom stereocenters. The van der Waals surface area contributed by atoms with E-state index in [1.165, 1.54) is 6.33 Å². The van der Waals surface area contributed by atoms with Crippen LogP contribution in [0.2, 0.25) is 0 Å². The molecule has 0 saturated heterocycles. The van der Waals surface area contributed by atoms with Gasteiger partial charge in [-0.3, -0.25) is 10.9 Å². The minimum Gasteiger partial charge on any atom is -0.462 e. The Labute approximate surface area is 188 Å². The molecule has 2 aromatic carbocycles. The van der Waals surface area contributed by atoms with Crippen LogP contribution in [0, 0.1) is 0 Å². The van der Waals surface area contributed by atoms with Gasteiger partial charge in [0.1, 0.15) is 6.33 Å². The third kappa shape index (κ3) is 4.79. The van der Waals surface area contributed by atoms with Gasteiger partial charge in [-0.15, -0.1) is 11.3 Å². The number of anilines is 2. The van der Waals surface area contributed by atoms with E-state index in [2.05, 4.69) is 38.3 Å². The minimum absolute atomic E-state index is 0.281. The molecule has 0 aliphatic heterocycles. The Bertz CT molecular complexity index is 1230. The van der Waals surface area contributed by atoms with Crippen LogP contribution in [0.15, 0.2) is 67.0 Å². The van der Waals surface area contributed by atoms with Gasteiger partial charge in [0.15, 0.2) is 10.9 Å². The number of thiocarbonyl (C=S) groups is 1. The number of benzene rings is 2. The zero-order chi connectivity index (χ0) is 21.6. The van der Waals surface area contributed by atoms with Crippen LogP contribution in [0.4, 0.5) is 11.5 Å². The Morgan fingerprint density at radius 1 is 1.10 bits per heavy atom. The van der Waals surface area contributed by atoms with E-state index in [1.54, 1.807) is 36.5 Å². The van der Waals surface area contributed by atoms with E-state index in [0.29, 0.717) is 23.7 Å². The van der Waals surface area contributed by atoms with Crippen LogP contribution in [0.1, 0.15) is 17.3 Å². The van der Waals surface area contributed by atoms with Crippen LogP contribution in [0.3, 0.4) is 0 Å². The molecule has 156 valence electrons. The van der Waals surface area contributed by atoms with Crippen molar-refractivity contribution in [3.63, 3.8) is 0 Å². The number of rotatable bonds is 6. The number of carbonyl (C=O) groups is 1. The van der Waals surface area contributed by atoms with Crippen molar-refractivity contribution in [1.29, 1.82) is 0 Å². The molecular weight excluding hydrogens is 430 g/mol. The highest BCUT2D eigenvalue weighted by Crippen LogP contribution is 2.35. The van der Waals surface area contributed by atoms with Gasteiger partial charge < -0.3 is 10.1 Å². The number of nitrogens with one attached hydrogen (secondary N) is 3. The average Bonchev–Trinajstić information content (AvgIpc) is 3.24. The topological polar surface area (TPSA) is 88.2 Å². The van der Waals surface area contributed by atoms with E-state index in [4.69, 9.17) is 17.0 Å². The van der Waals surface area contributed by atoms with Crippen molar-refractivity contribution >= 4 is 56.4 Å². The van der Waals surface area contributed by atoms with Crippen LogP contribution in [-0.2, 0) is 4.74 Å². The summed E-state index contributed by atoms with van der Waals surface area (Å²) in [7, 11) is 0. The fourth-order valence-electron chi connectivity index (χ4n) is 2.94. The molecule has 0 fully saturated rings. The Hall–Kier alpha value is -3.56. The van der Waals surface area contributed by atoms with Crippen LogP contribution in [0.5, 0.6) is 0 Å². The molecule has 0 atom stereocenters. The number of aromatic nitrogens is 2. The highest BCUT2D eigenvalue weighted by Gasteiger charge is 2.14. The molecule has 4 rings (SSSR count). The predicted octanol–water partition coefficient (Wildman–Crippen LogP) is 4.85. The molecule has 0 aliphatic rings. The molecule has 4 aromatic rings. The monoisotopic (exact) mass is 449 g/mol. The Morgan fingerprint density at radius 3 is 2.68 bits per heavy atom. The van der Waals surface area contributed by atoms with Gasteiger partial charge in [0.25, 0.3) is 0 Å². The van der Waals surface area contributed by atoms with E-state index < -0.39 is 5.97 Å². The van der Waals surface area contributed by atoms with Gasteiger partial charge in [-0.25, -0.2) is 14.8 Å². The van der Waals surface area contributed by atoms with E-state index in [0.717, 1.165) is 20.7 Å². The Morgan fingerprint density at radius 2 is 1.87 bits per heavy atom. The smallest absolute Gasteiger partial charge is 0.340 e. The lowest BCUT2D eigenvalue weighted by molar-refractivity contribution is 0.0527. The summed E-state index contributed by atoms with van der Waals surface area (Å²) < 4.78 is 6.00. The fraction of sp³-hybridized carbons (Fsp3) is 0.0909. The molecule has 9 heteroatoms. The molecule has 7 nitrogen and oxygen atoms in total. The lowest BCUT2D eigenvalue weighted by Crippen LogP contribution is -2.34. The number of esters is 1. The van der Waals surface area contributed by atoms with E-state index in [1.807, 2.05) is 30.3 Å². The number of hydrogen-bond donors (Lipinski definition) is 3. The summed E-state index contributed by atoms with van der Waals surface area (Å²) in [5.41, 5.74) is 8.88. The van der Waals surface area contributed by atoms with Crippen LogP contribution in [-0.4, -0.2) is 27.7 Å². The van der Waals surface area contributed by atoms with Gasteiger partial charge in [-0.2, -0.15) is 0 Å². The molecule has 3 N–H and O–H groups in total. The average molecular weight is 450 g/mol. The maximum Gasteiger partial charge on any atom is 0.340 e. The summed E-state index contributed by atoms with van der Waals surface area (Å²) in [6, 6.07) is 19.2. The van der Waals surface area contributed by atoms with E-state index in [-0.39, 0.29) is 5.11 Å². The van der Waals surface area contributed by atoms with Gasteiger partial charge in [-0.05, 0) is 42.9 Å². The van der Waals surface area contributed by atoms with Crippen molar-refractivity contribution in [2.45, 2.75) is 6.92 Å².